The quantitative estimate of drug-likeness (QED) is 0.440. The Hall–Kier alpha value is -2.09. The standard InChI is InChI=1S/C17H20O2.3CO.Fe/c1-4-19-17-11-16(18)14(12(2)3)10-15(17)13-8-6-5-7-9-13;3*1-2;/h5-10,12H,4,11H2,1-3H3;;;;. The van der Waals surface area contributed by atoms with Gasteiger partial charge in [-0.15, -0.1) is 0 Å². The van der Waals surface area contributed by atoms with Crippen molar-refractivity contribution in [3.05, 3.63) is 73.3 Å². The van der Waals surface area contributed by atoms with Crippen LogP contribution < -0.4 is 0 Å². The normalized spacial score (nSPS) is 11.8. The molecule has 0 unspecified atom stereocenters. The topological polar surface area (TPSA) is 86.0 Å². The van der Waals surface area contributed by atoms with Gasteiger partial charge >= 0.3 is 33.9 Å². The number of hydrogen-bond acceptors (Lipinski definition) is 2. The summed E-state index contributed by atoms with van der Waals surface area (Å²) in [6, 6.07) is 10.1. The molecule has 0 bridgehead atoms. The number of Topliss-reactive ketones (excluding diaryl/α,β-unsaturated/α-hetero) is 1. The molecule has 0 amide bonds. The first kappa shape index (κ1) is 28.7. The molecule has 1 aliphatic carbocycles. The predicted molar refractivity (Wildman–Crippen MR) is 89.3 cm³/mol. The number of allylic oxidation sites excluding steroid dienone is 4. The molecule has 0 saturated carbocycles. The molecule has 0 spiro atoms. The Labute approximate surface area is 165 Å². The molecule has 1 aliphatic rings. The van der Waals surface area contributed by atoms with Crippen LogP contribution in [0.5, 0.6) is 0 Å². The van der Waals surface area contributed by atoms with Crippen molar-refractivity contribution in [1.82, 2.24) is 0 Å². The van der Waals surface area contributed by atoms with Gasteiger partial charge in [0.2, 0.25) is 0 Å². The number of carbonyl (C=O) groups is 1. The van der Waals surface area contributed by atoms with E-state index in [9.17, 15) is 4.79 Å². The Balaban J connectivity index is -0.000000686. The Morgan fingerprint density at radius 3 is 1.96 bits per heavy atom. The van der Waals surface area contributed by atoms with Gasteiger partial charge in [0.1, 0.15) is 5.76 Å². The molecule has 2 rings (SSSR count). The second kappa shape index (κ2) is 17.7. The van der Waals surface area contributed by atoms with Crippen LogP contribution in [0.4, 0.5) is 0 Å². The van der Waals surface area contributed by atoms with Gasteiger partial charge in [0.15, 0.2) is 5.78 Å². The van der Waals surface area contributed by atoms with Crippen LogP contribution in [0.3, 0.4) is 0 Å². The molecule has 0 fully saturated rings. The van der Waals surface area contributed by atoms with Crippen LogP contribution in [-0.4, -0.2) is 12.4 Å². The summed E-state index contributed by atoms with van der Waals surface area (Å²) in [7, 11) is 0. The zero-order valence-electron chi connectivity index (χ0n) is 14.9. The van der Waals surface area contributed by atoms with Gasteiger partial charge in [0.25, 0.3) is 0 Å². The van der Waals surface area contributed by atoms with Crippen LogP contribution in [0.15, 0.2) is 47.7 Å². The number of benzene rings is 1. The smallest absolute Gasteiger partial charge is 0 e. The fourth-order valence-electron chi connectivity index (χ4n) is 2.31. The molecule has 5 nitrogen and oxygen atoms in total. The molecule has 0 radical (unpaired) electrons. The molecule has 0 aromatic heterocycles. The maximum atomic E-state index is 12.1. The summed E-state index contributed by atoms with van der Waals surface area (Å²) in [5.74, 6) is 1.22. The van der Waals surface area contributed by atoms with Crippen molar-refractivity contribution in [2.75, 3.05) is 6.61 Å². The fraction of sp³-hybridized carbons (Fsp3) is 0.300. The molecular weight excluding hydrogens is 376 g/mol. The number of ketones is 1. The third-order valence-electron chi connectivity index (χ3n) is 3.27. The Morgan fingerprint density at radius 2 is 1.54 bits per heavy atom. The summed E-state index contributed by atoms with van der Waals surface area (Å²) >= 11 is 0. The van der Waals surface area contributed by atoms with Crippen molar-refractivity contribution < 1.29 is 40.6 Å². The first-order chi connectivity index (χ1) is 12.1. The van der Waals surface area contributed by atoms with E-state index in [1.165, 1.54) is 0 Å². The largest absolute Gasteiger partial charge is 0 e. The van der Waals surface area contributed by atoms with Crippen LogP contribution in [0.2, 0.25) is 0 Å². The van der Waals surface area contributed by atoms with Crippen molar-refractivity contribution in [2.24, 2.45) is 5.92 Å². The third-order valence-corrected chi connectivity index (χ3v) is 3.27. The summed E-state index contributed by atoms with van der Waals surface area (Å²) in [5.41, 5.74) is 3.05. The van der Waals surface area contributed by atoms with Crippen molar-refractivity contribution in [3.63, 3.8) is 0 Å². The molecular formula is C20H20FeO5. The molecule has 138 valence electrons. The van der Waals surface area contributed by atoms with E-state index in [1.54, 1.807) is 0 Å². The van der Waals surface area contributed by atoms with Gasteiger partial charge in [-0.1, -0.05) is 44.2 Å². The van der Waals surface area contributed by atoms with Gasteiger partial charge in [-0.05, 0) is 30.1 Å². The van der Waals surface area contributed by atoms with Crippen LogP contribution in [0.1, 0.15) is 32.8 Å². The summed E-state index contributed by atoms with van der Waals surface area (Å²) in [5, 5.41) is 0. The van der Waals surface area contributed by atoms with Crippen molar-refractivity contribution in [1.29, 1.82) is 0 Å². The average molecular weight is 396 g/mol. The van der Waals surface area contributed by atoms with E-state index < -0.39 is 0 Å². The van der Waals surface area contributed by atoms with Crippen LogP contribution >= 0.6 is 0 Å². The van der Waals surface area contributed by atoms with E-state index in [2.05, 4.69) is 45.9 Å². The summed E-state index contributed by atoms with van der Waals surface area (Å²) in [6.07, 6.45) is 2.37. The molecule has 0 atom stereocenters. The summed E-state index contributed by atoms with van der Waals surface area (Å²) in [6.45, 7) is 20.1. The Morgan fingerprint density at radius 1 is 1.04 bits per heavy atom. The maximum Gasteiger partial charge on any atom is 0 e. The zero-order chi connectivity index (χ0) is 19.8. The van der Waals surface area contributed by atoms with E-state index in [0.717, 1.165) is 22.5 Å². The SMILES string of the molecule is CCOC1=C(c2ccccc2)C=C(C(C)C)C(=O)C1.[C-]#[O+].[C-]#[O+].[C-]#[O+].[Fe]. The van der Waals surface area contributed by atoms with E-state index in [4.69, 9.17) is 18.7 Å². The first-order valence-electron chi connectivity index (χ1n) is 7.40. The second-order valence-electron chi connectivity index (χ2n) is 4.99. The molecule has 0 heterocycles. The Kier molecular flexibility index (Phi) is 19.6. The summed E-state index contributed by atoms with van der Waals surface area (Å²) in [4.78, 5) is 12.1. The number of ether oxygens (including phenoxy) is 1. The monoisotopic (exact) mass is 396 g/mol. The fourth-order valence-corrected chi connectivity index (χ4v) is 2.31. The van der Waals surface area contributed by atoms with E-state index in [1.807, 2.05) is 31.2 Å². The van der Waals surface area contributed by atoms with Gasteiger partial charge in [0.05, 0.1) is 13.0 Å². The average Bonchev–Trinajstić information content (AvgIpc) is 2.67. The zero-order valence-corrected chi connectivity index (χ0v) is 16.0. The molecule has 1 aromatic rings. The first-order valence-corrected chi connectivity index (χ1v) is 7.40. The molecule has 0 saturated heterocycles. The van der Waals surface area contributed by atoms with Crippen molar-refractivity contribution in [3.8, 4) is 0 Å². The number of rotatable bonds is 4. The van der Waals surface area contributed by atoms with Gasteiger partial charge in [-0.3, -0.25) is 4.79 Å². The van der Waals surface area contributed by atoms with Gasteiger partial charge in [0, 0.05) is 22.6 Å². The number of carbonyl (C=O) groups excluding carboxylic acids is 1. The van der Waals surface area contributed by atoms with Gasteiger partial charge < -0.3 is 4.74 Å². The maximum absolute atomic E-state index is 12.1. The Bertz CT molecular complexity index is 638. The molecule has 1 aromatic carbocycles. The van der Waals surface area contributed by atoms with E-state index in [-0.39, 0.29) is 28.8 Å². The van der Waals surface area contributed by atoms with Gasteiger partial charge in [-0.2, -0.15) is 0 Å². The van der Waals surface area contributed by atoms with Crippen LogP contribution in [0, 0.1) is 25.9 Å². The minimum Gasteiger partial charge on any atom is 0 e. The van der Waals surface area contributed by atoms with Crippen molar-refractivity contribution >= 4 is 11.4 Å². The molecule has 0 aliphatic heterocycles. The van der Waals surface area contributed by atoms with Crippen LogP contribution in [0.25, 0.3) is 5.57 Å². The predicted octanol–water partition coefficient (Wildman–Crippen LogP) is 3.87. The number of hydrogen-bond donors (Lipinski definition) is 0. The summed E-state index contributed by atoms with van der Waals surface area (Å²) < 4.78 is 28.2. The third kappa shape index (κ3) is 8.84. The second-order valence-corrected chi connectivity index (χ2v) is 4.99. The molecule has 6 heteroatoms. The minimum atomic E-state index is 0. The minimum absolute atomic E-state index is 0. The molecule has 0 N–H and O–H groups in total. The molecule has 26 heavy (non-hydrogen) atoms. The van der Waals surface area contributed by atoms with Crippen LogP contribution in [-0.2, 0) is 40.6 Å². The van der Waals surface area contributed by atoms with E-state index in [0.29, 0.717) is 13.0 Å². The van der Waals surface area contributed by atoms with Crippen molar-refractivity contribution in [2.45, 2.75) is 27.2 Å². The van der Waals surface area contributed by atoms with E-state index >= 15 is 0 Å². The van der Waals surface area contributed by atoms with Gasteiger partial charge in [-0.25, -0.2) is 0 Å².